The van der Waals surface area contributed by atoms with Gasteiger partial charge in [-0.25, -0.2) is 8.42 Å². The van der Waals surface area contributed by atoms with Gasteiger partial charge in [-0.15, -0.1) is 0 Å². The molecular weight excluding hydrogens is 264 g/mol. The van der Waals surface area contributed by atoms with Crippen molar-refractivity contribution in [1.29, 1.82) is 5.26 Å². The van der Waals surface area contributed by atoms with Crippen LogP contribution in [0.5, 0.6) is 0 Å². The molecule has 1 fully saturated rings. The quantitative estimate of drug-likeness (QED) is 0.725. The van der Waals surface area contributed by atoms with E-state index in [2.05, 4.69) is 17.7 Å². The molecule has 0 aliphatic heterocycles. The number of nitriles is 1. The van der Waals surface area contributed by atoms with Gasteiger partial charge in [0, 0.05) is 13.7 Å². The van der Waals surface area contributed by atoms with Gasteiger partial charge in [-0.05, 0) is 38.0 Å². The molecule has 0 aromatic rings. The normalized spacial score (nSPS) is 27.9. The highest BCUT2D eigenvalue weighted by molar-refractivity contribution is 7.89. The molecule has 0 bridgehead atoms. The van der Waals surface area contributed by atoms with Gasteiger partial charge in [0.25, 0.3) is 0 Å². The van der Waals surface area contributed by atoms with Gasteiger partial charge >= 0.3 is 0 Å². The molecule has 0 heterocycles. The Kier molecular flexibility index (Phi) is 6.24. The highest BCUT2D eigenvalue weighted by Crippen LogP contribution is 2.33. The smallest absolute Gasteiger partial charge is 0.213 e. The molecule has 19 heavy (non-hydrogen) atoms. The Morgan fingerprint density at radius 1 is 1.42 bits per heavy atom. The fourth-order valence-corrected chi connectivity index (χ4v) is 4.00. The first-order chi connectivity index (χ1) is 8.97. The average Bonchev–Trinajstić information content (AvgIpc) is 2.39. The lowest BCUT2D eigenvalue weighted by Crippen LogP contribution is -2.50. The largest absolute Gasteiger partial charge is 0.385 e. The fraction of sp³-hybridized carbons (Fsp3) is 0.923. The van der Waals surface area contributed by atoms with Gasteiger partial charge in [-0.3, -0.25) is 0 Å². The number of rotatable bonds is 7. The summed E-state index contributed by atoms with van der Waals surface area (Å²) in [4.78, 5) is 0. The van der Waals surface area contributed by atoms with Gasteiger partial charge < -0.3 is 4.74 Å². The molecule has 0 atom stereocenters. The minimum absolute atomic E-state index is 0.0154. The minimum atomic E-state index is -3.40. The fourth-order valence-electron chi connectivity index (χ4n) is 2.56. The first kappa shape index (κ1) is 16.4. The molecule has 1 aliphatic carbocycles. The van der Waals surface area contributed by atoms with Crippen molar-refractivity contribution in [1.82, 2.24) is 4.72 Å². The first-order valence-corrected chi connectivity index (χ1v) is 8.54. The zero-order chi connectivity index (χ0) is 14.4. The second kappa shape index (κ2) is 7.22. The van der Waals surface area contributed by atoms with Crippen molar-refractivity contribution in [3.8, 4) is 6.07 Å². The monoisotopic (exact) mass is 288 g/mol. The van der Waals surface area contributed by atoms with E-state index in [0.717, 1.165) is 19.3 Å². The molecule has 1 aliphatic rings. The lowest BCUT2D eigenvalue weighted by atomic mass is 9.77. The second-order valence-corrected chi connectivity index (χ2v) is 7.15. The van der Waals surface area contributed by atoms with Gasteiger partial charge in [0.2, 0.25) is 10.0 Å². The maximum Gasteiger partial charge on any atom is 0.213 e. The molecule has 0 aromatic carbocycles. The summed E-state index contributed by atoms with van der Waals surface area (Å²) in [6, 6.07) is 2.19. The van der Waals surface area contributed by atoms with Crippen molar-refractivity contribution in [2.24, 2.45) is 5.92 Å². The molecule has 0 radical (unpaired) electrons. The molecule has 1 rings (SSSR count). The second-order valence-electron chi connectivity index (χ2n) is 5.31. The van der Waals surface area contributed by atoms with Gasteiger partial charge in [0.05, 0.1) is 11.8 Å². The molecule has 0 saturated heterocycles. The summed E-state index contributed by atoms with van der Waals surface area (Å²) in [6.07, 6.45) is 4.62. The lowest BCUT2D eigenvalue weighted by molar-refractivity contribution is 0.199. The van der Waals surface area contributed by atoms with E-state index in [1.807, 2.05) is 0 Å². The third kappa shape index (κ3) is 5.09. The Morgan fingerprint density at radius 2 is 2.05 bits per heavy atom. The van der Waals surface area contributed by atoms with E-state index in [1.165, 1.54) is 0 Å². The van der Waals surface area contributed by atoms with Crippen molar-refractivity contribution in [2.45, 2.75) is 51.0 Å². The van der Waals surface area contributed by atoms with Crippen LogP contribution < -0.4 is 4.72 Å². The van der Waals surface area contributed by atoms with Crippen LogP contribution in [-0.2, 0) is 14.8 Å². The Bertz CT molecular complexity index is 406. The van der Waals surface area contributed by atoms with Crippen LogP contribution >= 0.6 is 0 Å². The van der Waals surface area contributed by atoms with E-state index >= 15 is 0 Å². The molecule has 1 N–H and O–H groups in total. The third-order valence-electron chi connectivity index (χ3n) is 3.86. The van der Waals surface area contributed by atoms with E-state index in [0.29, 0.717) is 31.8 Å². The van der Waals surface area contributed by atoms with Crippen LogP contribution in [0.25, 0.3) is 0 Å². The predicted octanol–water partition coefficient (Wildman–Crippen LogP) is 1.80. The van der Waals surface area contributed by atoms with E-state index in [4.69, 9.17) is 4.74 Å². The van der Waals surface area contributed by atoms with Crippen LogP contribution in [0.4, 0.5) is 0 Å². The number of hydrogen-bond acceptors (Lipinski definition) is 4. The van der Waals surface area contributed by atoms with Gasteiger partial charge in [-0.1, -0.05) is 13.3 Å². The summed E-state index contributed by atoms with van der Waals surface area (Å²) in [5.74, 6) is 0.640. The maximum absolute atomic E-state index is 12.0. The Hall–Kier alpha value is -0.640. The summed E-state index contributed by atoms with van der Waals surface area (Å²) in [6.45, 7) is 2.55. The molecule has 0 aromatic heterocycles. The van der Waals surface area contributed by atoms with Gasteiger partial charge in [-0.2, -0.15) is 9.98 Å². The summed E-state index contributed by atoms with van der Waals surface area (Å²) in [5.41, 5.74) is -0.891. The zero-order valence-electron chi connectivity index (χ0n) is 11.8. The summed E-state index contributed by atoms with van der Waals surface area (Å²) < 4.78 is 31.4. The number of nitrogens with one attached hydrogen (secondary N) is 1. The predicted molar refractivity (Wildman–Crippen MR) is 74.0 cm³/mol. The Balaban J connectivity index is 2.59. The number of sulfonamides is 1. The lowest BCUT2D eigenvalue weighted by Gasteiger charge is -2.34. The molecule has 6 heteroatoms. The van der Waals surface area contributed by atoms with E-state index in [-0.39, 0.29) is 5.75 Å². The Labute approximate surface area is 116 Å². The van der Waals surface area contributed by atoms with Crippen molar-refractivity contribution in [3.05, 3.63) is 0 Å². The number of nitrogens with zero attached hydrogens (tertiary/aromatic N) is 1. The standard InChI is InChI=1S/C13H24N2O3S/c1-3-12-5-7-13(11-14,8-6-12)15-19(16,17)10-4-9-18-2/h12,15H,3-10H2,1-2H3. The van der Waals surface area contributed by atoms with Crippen molar-refractivity contribution in [3.63, 3.8) is 0 Å². The molecule has 5 nitrogen and oxygen atoms in total. The van der Waals surface area contributed by atoms with E-state index in [1.54, 1.807) is 7.11 Å². The minimum Gasteiger partial charge on any atom is -0.385 e. The molecule has 0 amide bonds. The molecular formula is C13H24N2O3S. The number of ether oxygens (including phenoxy) is 1. The molecule has 0 spiro atoms. The van der Waals surface area contributed by atoms with Gasteiger partial charge in [0.15, 0.2) is 0 Å². The average molecular weight is 288 g/mol. The van der Waals surface area contributed by atoms with Crippen molar-refractivity contribution < 1.29 is 13.2 Å². The topological polar surface area (TPSA) is 79.2 Å². The number of hydrogen-bond donors (Lipinski definition) is 1. The zero-order valence-corrected chi connectivity index (χ0v) is 12.6. The van der Waals surface area contributed by atoms with Crippen LogP contribution in [-0.4, -0.2) is 33.4 Å². The number of methoxy groups -OCH3 is 1. The summed E-state index contributed by atoms with van der Waals surface area (Å²) in [5, 5.41) is 9.33. The summed E-state index contributed by atoms with van der Waals surface area (Å²) >= 11 is 0. The first-order valence-electron chi connectivity index (χ1n) is 6.89. The Morgan fingerprint density at radius 3 is 2.53 bits per heavy atom. The summed E-state index contributed by atoms with van der Waals surface area (Å²) in [7, 11) is -1.86. The highest BCUT2D eigenvalue weighted by Gasteiger charge is 2.38. The van der Waals surface area contributed by atoms with Crippen LogP contribution in [0, 0.1) is 17.2 Å². The van der Waals surface area contributed by atoms with Gasteiger partial charge in [0.1, 0.15) is 5.54 Å². The van der Waals surface area contributed by atoms with Crippen LogP contribution in [0.3, 0.4) is 0 Å². The van der Waals surface area contributed by atoms with E-state index in [9.17, 15) is 13.7 Å². The van der Waals surface area contributed by atoms with Crippen LogP contribution in [0.1, 0.15) is 45.4 Å². The van der Waals surface area contributed by atoms with Crippen LogP contribution in [0.2, 0.25) is 0 Å². The maximum atomic E-state index is 12.0. The molecule has 110 valence electrons. The third-order valence-corrected chi connectivity index (χ3v) is 5.39. The van der Waals surface area contributed by atoms with Crippen LogP contribution in [0.15, 0.2) is 0 Å². The van der Waals surface area contributed by atoms with Crippen molar-refractivity contribution >= 4 is 10.0 Å². The van der Waals surface area contributed by atoms with E-state index < -0.39 is 15.6 Å². The highest BCUT2D eigenvalue weighted by atomic mass is 32.2. The molecule has 0 unspecified atom stereocenters. The SMILES string of the molecule is CCC1CCC(C#N)(NS(=O)(=O)CCCOC)CC1. The molecule has 1 saturated carbocycles. The van der Waals surface area contributed by atoms with Crippen molar-refractivity contribution in [2.75, 3.05) is 19.5 Å².